The van der Waals surface area contributed by atoms with Crippen molar-refractivity contribution >= 4 is 39.3 Å². The van der Waals surface area contributed by atoms with E-state index in [1.807, 2.05) is 0 Å². The zero-order valence-electron chi connectivity index (χ0n) is 22.2. The minimum Gasteiger partial charge on any atom is -0.340 e. The van der Waals surface area contributed by atoms with Gasteiger partial charge in [-0.15, -0.1) is 11.6 Å². The van der Waals surface area contributed by atoms with Crippen molar-refractivity contribution in [3.63, 3.8) is 0 Å². The summed E-state index contributed by atoms with van der Waals surface area (Å²) in [4.78, 5) is 30.7. The molecule has 13 heteroatoms. The molecule has 218 valence electrons. The first kappa shape index (κ1) is 30.3. The molecule has 8 nitrogen and oxygen atoms in total. The van der Waals surface area contributed by atoms with Crippen molar-refractivity contribution in [3.05, 3.63) is 65.5 Å². The van der Waals surface area contributed by atoms with Crippen LogP contribution in [-0.2, 0) is 19.8 Å². The number of halogens is 4. The molecule has 1 N–H and O–H groups in total. The van der Waals surface area contributed by atoms with Gasteiger partial charge >= 0.3 is 0 Å². The Morgan fingerprint density at radius 2 is 1.88 bits per heavy atom. The zero-order chi connectivity index (χ0) is 29.2. The lowest BCUT2D eigenvalue weighted by atomic mass is 9.86. The van der Waals surface area contributed by atoms with Gasteiger partial charge in [-0.05, 0) is 42.7 Å². The summed E-state index contributed by atoms with van der Waals surface area (Å²) in [6.45, 7) is 1.69. The molecule has 2 amide bonds. The third-order valence-electron chi connectivity index (χ3n) is 7.48. The van der Waals surface area contributed by atoms with E-state index in [4.69, 9.17) is 11.6 Å². The third kappa shape index (κ3) is 6.45. The van der Waals surface area contributed by atoms with Crippen LogP contribution in [0.25, 0.3) is 0 Å². The SMILES string of the molecule is Cc1ccccc1C(C(=O)N(C)C1CC(F)(F)C1)N(C(=O)[C@H]1CCN(S(=O)(=O)NCCCl)C1)c1cccc(F)c1. The van der Waals surface area contributed by atoms with Crippen LogP contribution < -0.4 is 9.62 Å². The Labute approximate surface area is 237 Å². The van der Waals surface area contributed by atoms with Crippen molar-refractivity contribution in [3.8, 4) is 0 Å². The number of benzene rings is 2. The van der Waals surface area contributed by atoms with Crippen LogP contribution in [0.1, 0.15) is 36.4 Å². The number of aryl methyl sites for hydroxylation is 1. The number of hydrogen-bond donors (Lipinski definition) is 1. The van der Waals surface area contributed by atoms with Crippen LogP contribution in [-0.4, -0.2) is 74.0 Å². The number of alkyl halides is 3. The average Bonchev–Trinajstić information content (AvgIpc) is 3.40. The Balaban J connectivity index is 1.75. The third-order valence-corrected chi connectivity index (χ3v) is 9.25. The second-order valence-corrected chi connectivity index (χ2v) is 12.4. The number of nitrogens with one attached hydrogen (secondary N) is 1. The number of hydrogen-bond acceptors (Lipinski definition) is 4. The normalized spacial score (nSPS) is 20.1. The van der Waals surface area contributed by atoms with Gasteiger partial charge in [0.15, 0.2) is 0 Å². The van der Waals surface area contributed by atoms with Gasteiger partial charge in [0.2, 0.25) is 11.8 Å². The number of likely N-dealkylation sites (N-methyl/N-ethyl adjacent to an activating group) is 1. The van der Waals surface area contributed by atoms with E-state index in [-0.39, 0.29) is 37.6 Å². The summed E-state index contributed by atoms with van der Waals surface area (Å²) in [5.41, 5.74) is 1.22. The maximum absolute atomic E-state index is 14.5. The standard InChI is InChI=1S/C27H32ClF3N4O4S/c1-18-6-3-4-9-23(18)24(26(37)33(2)22-15-27(30,31)16-22)35(21-8-5-7-20(29)14-21)25(36)19-10-13-34(17-19)40(38,39)32-12-11-28/h3-9,14,19,22,24,32H,10-13,15-17H2,1-2H3/t19-,24?/m0/s1. The lowest BCUT2D eigenvalue weighted by molar-refractivity contribution is -0.152. The molecule has 2 aromatic rings. The van der Waals surface area contributed by atoms with E-state index in [2.05, 4.69) is 4.72 Å². The van der Waals surface area contributed by atoms with Crippen LogP contribution in [0.5, 0.6) is 0 Å². The summed E-state index contributed by atoms with van der Waals surface area (Å²) < 4.78 is 70.7. The Morgan fingerprint density at radius 1 is 1.18 bits per heavy atom. The monoisotopic (exact) mass is 600 g/mol. The minimum atomic E-state index is -3.89. The van der Waals surface area contributed by atoms with Gasteiger partial charge in [0.05, 0.1) is 5.92 Å². The minimum absolute atomic E-state index is 0.0187. The number of carbonyl (C=O) groups is 2. The van der Waals surface area contributed by atoms with E-state index in [0.29, 0.717) is 11.1 Å². The first-order valence-electron chi connectivity index (χ1n) is 12.9. The summed E-state index contributed by atoms with van der Waals surface area (Å²) >= 11 is 5.61. The predicted molar refractivity (Wildman–Crippen MR) is 146 cm³/mol. The van der Waals surface area contributed by atoms with Gasteiger partial charge in [0.1, 0.15) is 11.9 Å². The van der Waals surface area contributed by atoms with Crippen LogP contribution in [0.3, 0.4) is 0 Å². The lowest BCUT2D eigenvalue weighted by Crippen LogP contribution is -2.55. The molecule has 0 radical (unpaired) electrons. The van der Waals surface area contributed by atoms with Crippen molar-refractivity contribution in [1.82, 2.24) is 13.9 Å². The molecule has 40 heavy (non-hydrogen) atoms. The first-order chi connectivity index (χ1) is 18.8. The molecule has 2 atom stereocenters. The molecule has 1 saturated heterocycles. The van der Waals surface area contributed by atoms with Crippen LogP contribution in [0.15, 0.2) is 48.5 Å². The molecule has 1 unspecified atom stereocenters. The molecule has 0 bridgehead atoms. The van der Waals surface area contributed by atoms with E-state index < -0.39 is 64.6 Å². The van der Waals surface area contributed by atoms with E-state index in [1.165, 1.54) is 35.0 Å². The van der Waals surface area contributed by atoms with Crippen molar-refractivity contribution in [1.29, 1.82) is 0 Å². The molecule has 2 aromatic carbocycles. The van der Waals surface area contributed by atoms with Crippen LogP contribution in [0.2, 0.25) is 0 Å². The highest BCUT2D eigenvalue weighted by atomic mass is 35.5. The topological polar surface area (TPSA) is 90.0 Å². The quantitative estimate of drug-likeness (QED) is 0.420. The summed E-state index contributed by atoms with van der Waals surface area (Å²) in [6.07, 6.45) is -0.811. The summed E-state index contributed by atoms with van der Waals surface area (Å²) in [6, 6.07) is 10.1. The Bertz CT molecular complexity index is 1350. The number of nitrogens with zero attached hydrogens (tertiary/aromatic N) is 3. The van der Waals surface area contributed by atoms with Crippen LogP contribution in [0.4, 0.5) is 18.9 Å². The van der Waals surface area contributed by atoms with Crippen LogP contribution >= 0.6 is 11.6 Å². The molecule has 0 aromatic heterocycles. The number of anilines is 1. The Kier molecular flexibility index (Phi) is 9.13. The van der Waals surface area contributed by atoms with Gasteiger partial charge in [0.25, 0.3) is 16.1 Å². The summed E-state index contributed by atoms with van der Waals surface area (Å²) in [7, 11) is -2.47. The van der Waals surface area contributed by atoms with Crippen molar-refractivity contribution in [2.45, 2.75) is 44.2 Å². The second-order valence-electron chi connectivity index (χ2n) is 10.2. The van der Waals surface area contributed by atoms with Crippen LogP contribution in [0, 0.1) is 18.7 Å². The number of carbonyl (C=O) groups excluding carboxylic acids is 2. The molecule has 0 spiro atoms. The van der Waals surface area contributed by atoms with E-state index in [0.717, 1.165) is 10.4 Å². The molecule has 2 fully saturated rings. The zero-order valence-corrected chi connectivity index (χ0v) is 23.8. The number of rotatable bonds is 10. The molecule has 1 saturated carbocycles. The van der Waals surface area contributed by atoms with Gasteiger partial charge in [0, 0.05) is 57.1 Å². The van der Waals surface area contributed by atoms with Crippen molar-refractivity contribution in [2.75, 3.05) is 37.5 Å². The maximum atomic E-state index is 14.5. The molecule has 4 rings (SSSR count). The van der Waals surface area contributed by atoms with E-state index in [1.54, 1.807) is 31.2 Å². The van der Waals surface area contributed by atoms with Crippen molar-refractivity contribution < 1.29 is 31.2 Å². The number of amides is 2. The molecular weight excluding hydrogens is 569 g/mol. The summed E-state index contributed by atoms with van der Waals surface area (Å²) in [5, 5.41) is 0. The summed E-state index contributed by atoms with van der Waals surface area (Å²) in [5.74, 6) is -5.45. The largest absolute Gasteiger partial charge is 0.340 e. The maximum Gasteiger partial charge on any atom is 0.279 e. The fourth-order valence-corrected chi connectivity index (χ4v) is 6.66. The van der Waals surface area contributed by atoms with Gasteiger partial charge in [-0.25, -0.2) is 17.9 Å². The molecule has 1 aliphatic carbocycles. The highest BCUT2D eigenvalue weighted by Gasteiger charge is 2.50. The second kappa shape index (κ2) is 12.1. The Hall–Kier alpha value is -2.67. The fourth-order valence-electron chi connectivity index (χ4n) is 5.19. The van der Waals surface area contributed by atoms with Gasteiger partial charge < -0.3 is 4.90 Å². The fraction of sp³-hybridized carbons (Fsp3) is 0.481. The average molecular weight is 601 g/mol. The molecular formula is C27H32ClF3N4O4S. The Morgan fingerprint density at radius 3 is 2.50 bits per heavy atom. The molecule has 1 aliphatic heterocycles. The highest BCUT2D eigenvalue weighted by Crippen LogP contribution is 2.42. The van der Waals surface area contributed by atoms with Gasteiger partial charge in [-0.1, -0.05) is 30.3 Å². The molecule has 2 aliphatic rings. The highest BCUT2D eigenvalue weighted by molar-refractivity contribution is 7.87. The van der Waals surface area contributed by atoms with Gasteiger partial charge in [-0.3, -0.25) is 14.5 Å². The van der Waals surface area contributed by atoms with E-state index >= 15 is 0 Å². The van der Waals surface area contributed by atoms with Gasteiger partial charge in [-0.2, -0.15) is 12.7 Å². The molecule has 1 heterocycles. The predicted octanol–water partition coefficient (Wildman–Crippen LogP) is 3.86. The smallest absolute Gasteiger partial charge is 0.279 e. The van der Waals surface area contributed by atoms with E-state index in [9.17, 15) is 31.2 Å². The lowest BCUT2D eigenvalue weighted by Gasteiger charge is -2.43. The van der Waals surface area contributed by atoms with Crippen molar-refractivity contribution in [2.24, 2.45) is 5.92 Å². The first-order valence-corrected chi connectivity index (χ1v) is 14.9.